The van der Waals surface area contributed by atoms with Gasteiger partial charge >= 0.3 is 30.0 Å². The van der Waals surface area contributed by atoms with Crippen molar-refractivity contribution in [2.45, 2.75) is 76.2 Å². The van der Waals surface area contributed by atoms with Gasteiger partial charge in [0.2, 0.25) is 11.8 Å². The number of nitrogens with one attached hydrogen (secondary N) is 2. The van der Waals surface area contributed by atoms with Gasteiger partial charge in [0.1, 0.15) is 6.04 Å². The average molecular weight is 765 g/mol. The Bertz CT molecular complexity index is 1630. The fourth-order valence-electron chi connectivity index (χ4n) is 7.51. The van der Waals surface area contributed by atoms with Crippen molar-refractivity contribution in [3.63, 3.8) is 0 Å². The standard InChI is InChI=1S/C30H44N6O3.2C2HF3O2/c1-33-27-19-24(2-3-25(27)36(30(33)39)26-4-5-28(37)32-29(26)38)35-16-10-23(11-17-35)20-34-14-8-22(9-15-34)18-21-6-12-31-13-7-21;2*3-2(4,5)1(6)7/h2-3,19,21-23,26,31H,4-18,20H2,1H3,(H,32,37,38);2*(H,6,7). The molecule has 0 spiro atoms. The van der Waals surface area contributed by atoms with Crippen molar-refractivity contribution in [3.05, 3.63) is 28.7 Å². The summed E-state index contributed by atoms with van der Waals surface area (Å²) in [5.74, 6) is -3.54. The lowest BCUT2D eigenvalue weighted by atomic mass is 9.83. The molecular weight excluding hydrogens is 718 g/mol. The molecule has 2 amide bonds. The van der Waals surface area contributed by atoms with Gasteiger partial charge in [0.05, 0.1) is 11.0 Å². The molecule has 1 unspecified atom stereocenters. The Balaban J connectivity index is 0.000000381. The number of hydrogen-bond donors (Lipinski definition) is 4. The molecule has 6 rings (SSSR count). The molecule has 0 radical (unpaired) electrons. The van der Waals surface area contributed by atoms with E-state index in [0.29, 0.717) is 6.42 Å². The van der Waals surface area contributed by atoms with Gasteiger partial charge in [-0.1, -0.05) is 0 Å². The third-order valence-electron chi connectivity index (χ3n) is 10.4. The minimum Gasteiger partial charge on any atom is -0.475 e. The van der Waals surface area contributed by atoms with E-state index in [1.54, 1.807) is 16.2 Å². The molecule has 2 aromatic rings. The van der Waals surface area contributed by atoms with Crippen LogP contribution in [-0.4, -0.2) is 106 Å². The number of piperidine rings is 4. The number of aromatic nitrogens is 2. The Labute approximate surface area is 301 Å². The fourth-order valence-corrected chi connectivity index (χ4v) is 7.51. The molecule has 0 saturated carbocycles. The molecule has 1 aromatic carbocycles. The first-order valence-corrected chi connectivity index (χ1v) is 17.7. The number of carbonyl (C=O) groups is 4. The number of imidazole rings is 1. The number of rotatable bonds is 6. The van der Waals surface area contributed by atoms with Crippen LogP contribution in [0.2, 0.25) is 0 Å². The van der Waals surface area contributed by atoms with Gasteiger partial charge in [-0.15, -0.1) is 0 Å². The number of carboxylic acids is 2. The van der Waals surface area contributed by atoms with E-state index in [4.69, 9.17) is 19.8 Å². The zero-order chi connectivity index (χ0) is 39.1. The van der Waals surface area contributed by atoms with Gasteiger partial charge in [0.15, 0.2) is 0 Å². The van der Waals surface area contributed by atoms with Crippen molar-refractivity contribution >= 4 is 40.5 Å². The molecule has 53 heavy (non-hydrogen) atoms. The first kappa shape index (κ1) is 41.6. The average Bonchev–Trinajstić information content (AvgIpc) is 3.34. The number of hydrogen-bond acceptors (Lipinski definition) is 8. The largest absolute Gasteiger partial charge is 0.490 e. The molecule has 0 bridgehead atoms. The second-order valence-corrected chi connectivity index (χ2v) is 14.1. The van der Waals surface area contributed by atoms with E-state index >= 15 is 0 Å². The van der Waals surface area contributed by atoms with Gasteiger partial charge in [-0.25, -0.2) is 14.4 Å². The number of alkyl halides is 6. The summed E-state index contributed by atoms with van der Waals surface area (Å²) in [5.41, 5.74) is 2.50. The molecule has 4 aliphatic rings. The zero-order valence-corrected chi connectivity index (χ0v) is 29.3. The van der Waals surface area contributed by atoms with Gasteiger partial charge in [-0.3, -0.25) is 24.0 Å². The van der Waals surface area contributed by atoms with Crippen molar-refractivity contribution in [1.82, 2.24) is 24.7 Å². The number of halogens is 6. The van der Waals surface area contributed by atoms with Crippen LogP contribution in [0.25, 0.3) is 11.0 Å². The van der Waals surface area contributed by atoms with Crippen LogP contribution in [0.4, 0.5) is 32.0 Å². The smallest absolute Gasteiger partial charge is 0.475 e. The van der Waals surface area contributed by atoms with Crippen molar-refractivity contribution in [2.75, 3.05) is 50.7 Å². The number of aryl methyl sites for hydroxylation is 1. The van der Waals surface area contributed by atoms with Crippen molar-refractivity contribution in [2.24, 2.45) is 24.8 Å². The first-order chi connectivity index (χ1) is 24.8. The van der Waals surface area contributed by atoms with E-state index in [2.05, 4.69) is 32.6 Å². The number of imide groups is 1. The maximum absolute atomic E-state index is 13.1. The topological polar surface area (TPSA) is 166 Å². The number of nitrogens with zero attached hydrogens (tertiary/aromatic N) is 4. The normalized spacial score (nSPS) is 21.3. The molecule has 4 fully saturated rings. The van der Waals surface area contributed by atoms with Crippen LogP contribution in [0.3, 0.4) is 0 Å². The van der Waals surface area contributed by atoms with E-state index in [1.807, 2.05) is 6.07 Å². The monoisotopic (exact) mass is 764 g/mol. The van der Waals surface area contributed by atoms with Crippen LogP contribution >= 0.6 is 0 Å². The third kappa shape index (κ3) is 11.4. The Morgan fingerprint density at radius 1 is 0.774 bits per heavy atom. The Kier molecular flexibility index (Phi) is 14.0. The minimum absolute atomic E-state index is 0.213. The van der Waals surface area contributed by atoms with Crippen LogP contribution < -0.4 is 21.2 Å². The van der Waals surface area contributed by atoms with Gasteiger partial charge in [0.25, 0.3) is 0 Å². The van der Waals surface area contributed by atoms with Crippen molar-refractivity contribution in [3.8, 4) is 0 Å². The lowest BCUT2D eigenvalue weighted by Gasteiger charge is -2.39. The maximum atomic E-state index is 13.1. The zero-order valence-electron chi connectivity index (χ0n) is 29.3. The lowest BCUT2D eigenvalue weighted by molar-refractivity contribution is -0.193. The highest BCUT2D eigenvalue weighted by Crippen LogP contribution is 2.32. The van der Waals surface area contributed by atoms with E-state index < -0.39 is 36.2 Å². The lowest BCUT2D eigenvalue weighted by Crippen LogP contribution is -2.44. The Hall–Kier alpha value is -4.13. The van der Waals surface area contributed by atoms with Gasteiger partial charge in [0, 0.05) is 38.8 Å². The number of anilines is 1. The molecule has 296 valence electrons. The van der Waals surface area contributed by atoms with E-state index in [9.17, 15) is 40.7 Å². The quantitative estimate of drug-likeness (QED) is 0.251. The highest BCUT2D eigenvalue weighted by atomic mass is 19.4. The number of aliphatic carboxylic acids is 2. The first-order valence-electron chi connectivity index (χ1n) is 17.7. The number of fused-ring (bicyclic) bond motifs is 1. The van der Waals surface area contributed by atoms with Crippen molar-refractivity contribution < 1.29 is 55.7 Å². The van der Waals surface area contributed by atoms with Crippen LogP contribution in [0.15, 0.2) is 23.0 Å². The molecule has 1 atom stereocenters. The molecule has 13 nitrogen and oxygen atoms in total. The minimum atomic E-state index is -5.08. The highest BCUT2D eigenvalue weighted by molar-refractivity contribution is 6.00. The van der Waals surface area contributed by atoms with E-state index in [0.717, 1.165) is 47.6 Å². The predicted octanol–water partition coefficient (Wildman–Crippen LogP) is 3.90. The molecule has 4 saturated heterocycles. The van der Waals surface area contributed by atoms with Gasteiger partial charge in [-0.2, -0.15) is 26.3 Å². The predicted molar refractivity (Wildman–Crippen MR) is 180 cm³/mol. The third-order valence-corrected chi connectivity index (χ3v) is 10.4. The fraction of sp³-hybridized carbons (Fsp3) is 0.676. The molecule has 1 aromatic heterocycles. The summed E-state index contributed by atoms with van der Waals surface area (Å²) < 4.78 is 66.7. The molecule has 0 aliphatic carbocycles. The summed E-state index contributed by atoms with van der Waals surface area (Å²) >= 11 is 0. The van der Waals surface area contributed by atoms with E-state index in [1.165, 1.54) is 77.7 Å². The molecule has 4 N–H and O–H groups in total. The van der Waals surface area contributed by atoms with Gasteiger partial charge < -0.3 is 25.3 Å². The van der Waals surface area contributed by atoms with Crippen LogP contribution in [0, 0.1) is 17.8 Å². The van der Waals surface area contributed by atoms with Crippen LogP contribution in [0.5, 0.6) is 0 Å². The number of carbonyl (C=O) groups excluding carboxylic acids is 2. The highest BCUT2D eigenvalue weighted by Gasteiger charge is 2.39. The maximum Gasteiger partial charge on any atom is 0.490 e. The molecule has 4 aliphatic heterocycles. The van der Waals surface area contributed by atoms with Gasteiger partial charge in [-0.05, 0) is 113 Å². The summed E-state index contributed by atoms with van der Waals surface area (Å²) in [6, 6.07) is 5.50. The molecule has 19 heteroatoms. The second kappa shape index (κ2) is 17.8. The summed E-state index contributed by atoms with van der Waals surface area (Å²) in [5, 5.41) is 20.1. The van der Waals surface area contributed by atoms with Crippen LogP contribution in [0.1, 0.15) is 63.8 Å². The molecule has 5 heterocycles. The SMILES string of the molecule is Cn1c(=O)n(C2CCC(=O)NC2=O)c2ccc(N3CCC(CN4CCC(CC5CCNCC5)CC4)CC3)cc21.O=C(O)C(F)(F)F.O=C(O)C(F)(F)F. The number of likely N-dealkylation sites (tertiary alicyclic amines) is 1. The Morgan fingerprint density at radius 3 is 1.83 bits per heavy atom. The summed E-state index contributed by atoms with van der Waals surface area (Å²) in [4.78, 5) is 60.1. The summed E-state index contributed by atoms with van der Waals surface area (Å²) in [6.07, 6.45) is -0.230. The number of amides is 2. The molecular formula is C34H46F6N6O7. The summed E-state index contributed by atoms with van der Waals surface area (Å²) in [6.45, 7) is 8.26. The van der Waals surface area contributed by atoms with E-state index in [-0.39, 0.29) is 18.0 Å². The second-order valence-electron chi connectivity index (χ2n) is 14.1. The van der Waals surface area contributed by atoms with Crippen molar-refractivity contribution in [1.29, 1.82) is 0 Å². The number of benzene rings is 1. The number of carboxylic acid groups (broad SMARTS) is 2. The Morgan fingerprint density at radius 2 is 1.30 bits per heavy atom. The van der Waals surface area contributed by atoms with Crippen LogP contribution in [-0.2, 0) is 26.2 Å². The summed E-state index contributed by atoms with van der Waals surface area (Å²) in [7, 11) is 1.76.